The molecule has 0 saturated heterocycles. The van der Waals surface area contributed by atoms with Gasteiger partial charge in [-0.25, -0.2) is 4.98 Å². The molecule has 1 atom stereocenters. The second kappa shape index (κ2) is 4.75. The first-order valence-corrected chi connectivity index (χ1v) is 4.91. The second-order valence-corrected chi connectivity index (χ2v) is 3.78. The van der Waals surface area contributed by atoms with Crippen molar-refractivity contribution in [1.82, 2.24) is 4.98 Å². The van der Waals surface area contributed by atoms with Crippen molar-refractivity contribution in [1.29, 1.82) is 0 Å². The Bertz CT molecular complexity index is 395. The lowest BCUT2D eigenvalue weighted by molar-refractivity contribution is -0.138. The maximum Gasteiger partial charge on any atom is 0.416 e. The van der Waals surface area contributed by atoms with Gasteiger partial charge >= 0.3 is 6.18 Å². The highest BCUT2D eigenvalue weighted by atomic mass is 35.5. The molecule has 0 aliphatic rings. The van der Waals surface area contributed by atoms with Gasteiger partial charge in [-0.2, -0.15) is 13.2 Å². The number of hydrogen-bond acceptors (Lipinski definition) is 3. The summed E-state index contributed by atoms with van der Waals surface area (Å²) in [6.45, 7) is -0.174. The van der Waals surface area contributed by atoms with Crippen LogP contribution in [0.2, 0.25) is 10.3 Å². The van der Waals surface area contributed by atoms with Crippen LogP contribution in [-0.4, -0.2) is 11.5 Å². The molecule has 1 rings (SSSR count). The third-order valence-corrected chi connectivity index (χ3v) is 2.39. The Labute approximate surface area is 99.5 Å². The van der Waals surface area contributed by atoms with E-state index in [1.165, 1.54) is 0 Å². The third kappa shape index (κ3) is 2.76. The van der Waals surface area contributed by atoms with Crippen LogP contribution >= 0.6 is 23.2 Å². The van der Waals surface area contributed by atoms with E-state index >= 15 is 0 Å². The molecule has 0 bridgehead atoms. The van der Waals surface area contributed by atoms with E-state index in [1.54, 1.807) is 0 Å². The van der Waals surface area contributed by atoms with Crippen molar-refractivity contribution in [2.24, 2.45) is 11.5 Å². The van der Waals surface area contributed by atoms with Gasteiger partial charge in [-0.1, -0.05) is 23.2 Å². The zero-order chi connectivity index (χ0) is 12.5. The van der Waals surface area contributed by atoms with Crippen LogP contribution in [0, 0.1) is 0 Å². The average Bonchev–Trinajstić information content (AvgIpc) is 2.14. The predicted molar refractivity (Wildman–Crippen MR) is 55.2 cm³/mol. The van der Waals surface area contributed by atoms with E-state index < -0.39 is 17.8 Å². The van der Waals surface area contributed by atoms with Gasteiger partial charge in [0.25, 0.3) is 0 Å². The van der Waals surface area contributed by atoms with Crippen LogP contribution in [0.25, 0.3) is 0 Å². The van der Waals surface area contributed by atoms with Crippen LogP contribution in [0.4, 0.5) is 13.2 Å². The first kappa shape index (κ1) is 13.5. The minimum Gasteiger partial charge on any atom is -0.329 e. The Kier molecular flexibility index (Phi) is 4.01. The van der Waals surface area contributed by atoms with Gasteiger partial charge in [0, 0.05) is 18.2 Å². The highest BCUT2D eigenvalue weighted by molar-refractivity contribution is 6.33. The van der Waals surface area contributed by atoms with Crippen molar-refractivity contribution in [3.8, 4) is 0 Å². The summed E-state index contributed by atoms with van der Waals surface area (Å²) < 4.78 is 38.0. The van der Waals surface area contributed by atoms with Crippen molar-refractivity contribution in [2.45, 2.75) is 12.2 Å². The van der Waals surface area contributed by atoms with E-state index in [9.17, 15) is 13.2 Å². The third-order valence-electron chi connectivity index (χ3n) is 1.91. The van der Waals surface area contributed by atoms with Crippen LogP contribution in [0.5, 0.6) is 0 Å². The summed E-state index contributed by atoms with van der Waals surface area (Å²) in [5.41, 5.74) is 9.32. The number of nitrogens with two attached hydrogens (primary N) is 2. The van der Waals surface area contributed by atoms with Crippen molar-refractivity contribution < 1.29 is 13.2 Å². The standard InChI is InChI=1S/C8H8Cl2F3N3/c9-5-1-3(8(11,12)13)6(4(15)2-14)7(10)16-5/h1,4H,2,14-15H2. The zero-order valence-corrected chi connectivity index (χ0v) is 9.37. The van der Waals surface area contributed by atoms with E-state index in [-0.39, 0.29) is 22.4 Å². The van der Waals surface area contributed by atoms with Crippen molar-refractivity contribution in [2.75, 3.05) is 6.54 Å². The number of halogens is 5. The van der Waals surface area contributed by atoms with Gasteiger partial charge < -0.3 is 11.5 Å². The molecule has 8 heteroatoms. The van der Waals surface area contributed by atoms with Crippen LogP contribution in [0.1, 0.15) is 17.2 Å². The normalized spacial score (nSPS) is 13.9. The summed E-state index contributed by atoms with van der Waals surface area (Å²) in [6, 6.07) is -0.355. The summed E-state index contributed by atoms with van der Waals surface area (Å²) in [5, 5.41) is -0.719. The average molecular weight is 274 g/mol. The summed E-state index contributed by atoms with van der Waals surface area (Å²) >= 11 is 11.0. The molecule has 0 amide bonds. The van der Waals surface area contributed by atoms with Crippen LogP contribution in [-0.2, 0) is 6.18 Å². The van der Waals surface area contributed by atoms with Gasteiger partial charge in [-0.15, -0.1) is 0 Å². The maximum atomic E-state index is 12.7. The molecular weight excluding hydrogens is 266 g/mol. The fourth-order valence-corrected chi connectivity index (χ4v) is 1.77. The highest BCUT2D eigenvalue weighted by Crippen LogP contribution is 2.37. The lowest BCUT2D eigenvalue weighted by Gasteiger charge is -2.18. The Hall–Kier alpha value is -0.560. The minimum atomic E-state index is -4.60. The van der Waals surface area contributed by atoms with Gasteiger partial charge in [-0.3, -0.25) is 0 Å². The van der Waals surface area contributed by atoms with Crippen molar-refractivity contribution in [3.63, 3.8) is 0 Å². The lowest BCUT2D eigenvalue weighted by atomic mass is 10.0. The molecule has 1 aromatic heterocycles. The van der Waals surface area contributed by atoms with Gasteiger partial charge in [0.2, 0.25) is 0 Å². The number of rotatable bonds is 2. The zero-order valence-electron chi connectivity index (χ0n) is 7.85. The van der Waals surface area contributed by atoms with Crippen LogP contribution in [0.3, 0.4) is 0 Å². The lowest BCUT2D eigenvalue weighted by Crippen LogP contribution is -2.25. The largest absolute Gasteiger partial charge is 0.416 e. The van der Waals surface area contributed by atoms with E-state index in [0.717, 1.165) is 0 Å². The fraction of sp³-hybridized carbons (Fsp3) is 0.375. The van der Waals surface area contributed by atoms with Gasteiger partial charge in [0.1, 0.15) is 10.3 Å². The summed E-state index contributed by atoms with van der Waals surface area (Å²) in [4.78, 5) is 3.51. The Morgan fingerprint density at radius 3 is 2.38 bits per heavy atom. The Balaban J connectivity index is 3.44. The molecule has 0 fully saturated rings. The topological polar surface area (TPSA) is 64.9 Å². The fourth-order valence-electron chi connectivity index (χ4n) is 1.20. The Morgan fingerprint density at radius 2 is 1.94 bits per heavy atom. The smallest absolute Gasteiger partial charge is 0.329 e. The number of pyridine rings is 1. The summed E-state index contributed by atoms with van der Waals surface area (Å²) in [5.74, 6) is 0. The molecule has 4 N–H and O–H groups in total. The van der Waals surface area contributed by atoms with Gasteiger partial charge in [0.15, 0.2) is 0 Å². The summed E-state index contributed by atoms with van der Waals surface area (Å²) in [6.07, 6.45) is -4.60. The number of alkyl halides is 3. The molecule has 0 aromatic carbocycles. The van der Waals surface area contributed by atoms with E-state index in [4.69, 9.17) is 34.7 Å². The van der Waals surface area contributed by atoms with Crippen LogP contribution < -0.4 is 11.5 Å². The van der Waals surface area contributed by atoms with Crippen molar-refractivity contribution >= 4 is 23.2 Å². The van der Waals surface area contributed by atoms with Gasteiger partial charge in [0.05, 0.1) is 5.56 Å². The van der Waals surface area contributed by atoms with Gasteiger partial charge in [-0.05, 0) is 6.07 Å². The number of aromatic nitrogens is 1. The first-order chi connectivity index (χ1) is 7.27. The molecule has 16 heavy (non-hydrogen) atoms. The van der Waals surface area contributed by atoms with Crippen LogP contribution in [0.15, 0.2) is 6.07 Å². The highest BCUT2D eigenvalue weighted by Gasteiger charge is 2.36. The minimum absolute atomic E-state index is 0.174. The second-order valence-electron chi connectivity index (χ2n) is 3.04. The van der Waals surface area contributed by atoms with E-state index in [2.05, 4.69) is 4.98 Å². The molecule has 1 heterocycles. The molecule has 3 nitrogen and oxygen atoms in total. The molecule has 90 valence electrons. The molecule has 0 aliphatic carbocycles. The van der Waals surface area contributed by atoms with E-state index in [1.807, 2.05) is 0 Å². The number of nitrogens with zero attached hydrogens (tertiary/aromatic N) is 1. The molecule has 0 radical (unpaired) electrons. The molecule has 1 unspecified atom stereocenters. The monoisotopic (exact) mass is 273 g/mol. The Morgan fingerprint density at radius 1 is 1.38 bits per heavy atom. The first-order valence-electron chi connectivity index (χ1n) is 4.16. The maximum absolute atomic E-state index is 12.7. The molecule has 0 saturated carbocycles. The molecule has 1 aromatic rings. The van der Waals surface area contributed by atoms with Crippen molar-refractivity contribution in [3.05, 3.63) is 27.5 Å². The quantitative estimate of drug-likeness (QED) is 0.813. The predicted octanol–water partition coefficient (Wildman–Crippen LogP) is 2.37. The molecule has 0 spiro atoms. The SMILES string of the molecule is NCC(N)c1c(C(F)(F)F)cc(Cl)nc1Cl. The molecule has 0 aliphatic heterocycles. The summed E-state index contributed by atoms with van der Waals surface area (Å²) in [7, 11) is 0. The van der Waals surface area contributed by atoms with E-state index in [0.29, 0.717) is 6.07 Å². The molecular formula is C8H8Cl2F3N3. The number of hydrogen-bond donors (Lipinski definition) is 2.